The van der Waals surface area contributed by atoms with Crippen LogP contribution >= 0.6 is 0 Å². The Hall–Kier alpha value is -3.61. The highest BCUT2D eigenvalue weighted by atomic mass is 16.5. The molecule has 0 spiro atoms. The van der Waals surface area contributed by atoms with E-state index in [0.29, 0.717) is 47.0 Å². The average Bonchev–Trinajstić information content (AvgIpc) is 2.78. The van der Waals surface area contributed by atoms with Gasteiger partial charge in [0.15, 0.2) is 0 Å². The number of aromatic nitrogens is 1. The van der Waals surface area contributed by atoms with Gasteiger partial charge in [-0.05, 0) is 62.7 Å². The molecule has 0 fully saturated rings. The Balaban J connectivity index is 1.99. The molecule has 0 aliphatic rings. The van der Waals surface area contributed by atoms with Crippen molar-refractivity contribution < 1.29 is 23.8 Å². The van der Waals surface area contributed by atoms with Gasteiger partial charge in [0.05, 0.1) is 36.6 Å². The molecule has 0 saturated carbocycles. The molecule has 7 heteroatoms. The van der Waals surface area contributed by atoms with Crippen molar-refractivity contribution in [3.63, 3.8) is 0 Å². The number of fused-ring (bicyclic) bond motifs is 1. The molecule has 0 radical (unpaired) electrons. The average molecular weight is 422 g/mol. The van der Waals surface area contributed by atoms with E-state index in [2.05, 4.69) is 10.3 Å². The number of ether oxygens (including phenoxy) is 3. The van der Waals surface area contributed by atoms with Crippen molar-refractivity contribution in [2.75, 3.05) is 25.1 Å². The number of anilines is 2. The lowest BCUT2D eigenvalue weighted by molar-refractivity contribution is 0.0501. The lowest BCUT2D eigenvalue weighted by Crippen LogP contribution is -2.10. The van der Waals surface area contributed by atoms with E-state index in [1.807, 2.05) is 32.0 Å². The van der Waals surface area contributed by atoms with Crippen molar-refractivity contribution in [1.29, 1.82) is 0 Å². The summed E-state index contributed by atoms with van der Waals surface area (Å²) in [4.78, 5) is 29.0. The third-order valence-electron chi connectivity index (χ3n) is 4.47. The third-order valence-corrected chi connectivity index (χ3v) is 4.47. The van der Waals surface area contributed by atoms with Crippen LogP contribution in [0.3, 0.4) is 0 Å². The number of hydrogen-bond acceptors (Lipinski definition) is 7. The summed E-state index contributed by atoms with van der Waals surface area (Å²) in [7, 11) is 0. The monoisotopic (exact) mass is 422 g/mol. The smallest absolute Gasteiger partial charge is 0.341 e. The standard InChI is InChI=1S/C24H26N2O5/c1-4-13-31-23(27)16-7-9-17(10-8-16)26-22-19-14-18(29-5-2)11-12-21(19)25-15-20(22)24(28)30-6-3/h7-12,14-15H,4-6,13H2,1-3H3,(H,25,26). The van der Waals surface area contributed by atoms with Crippen LogP contribution in [0, 0.1) is 0 Å². The van der Waals surface area contributed by atoms with Crippen LogP contribution in [0.5, 0.6) is 5.75 Å². The second-order valence-corrected chi connectivity index (χ2v) is 6.72. The Morgan fingerprint density at radius 2 is 1.71 bits per heavy atom. The first-order valence-corrected chi connectivity index (χ1v) is 10.3. The minimum Gasteiger partial charge on any atom is -0.494 e. The summed E-state index contributed by atoms with van der Waals surface area (Å²) in [6, 6.07) is 12.4. The number of esters is 2. The lowest BCUT2D eigenvalue weighted by Gasteiger charge is -2.15. The first kappa shape index (κ1) is 22.1. The second kappa shape index (κ2) is 10.4. The number of hydrogen-bond donors (Lipinski definition) is 1. The molecule has 7 nitrogen and oxygen atoms in total. The molecule has 0 unspecified atom stereocenters. The van der Waals surface area contributed by atoms with E-state index in [4.69, 9.17) is 14.2 Å². The van der Waals surface area contributed by atoms with E-state index in [0.717, 1.165) is 11.8 Å². The molecular weight excluding hydrogens is 396 g/mol. The highest BCUT2D eigenvalue weighted by molar-refractivity contribution is 6.06. The third kappa shape index (κ3) is 5.31. The molecule has 0 amide bonds. The van der Waals surface area contributed by atoms with Crippen LogP contribution < -0.4 is 10.1 Å². The van der Waals surface area contributed by atoms with Gasteiger partial charge in [-0.25, -0.2) is 9.59 Å². The van der Waals surface area contributed by atoms with E-state index in [1.54, 1.807) is 31.2 Å². The van der Waals surface area contributed by atoms with Crippen molar-refractivity contribution in [3.8, 4) is 5.75 Å². The van der Waals surface area contributed by atoms with Crippen LogP contribution in [0.4, 0.5) is 11.4 Å². The van der Waals surface area contributed by atoms with Crippen LogP contribution in [0.25, 0.3) is 10.9 Å². The fraction of sp³-hybridized carbons (Fsp3) is 0.292. The number of pyridine rings is 1. The van der Waals surface area contributed by atoms with E-state index >= 15 is 0 Å². The summed E-state index contributed by atoms with van der Waals surface area (Å²) in [5, 5.41) is 4.01. The van der Waals surface area contributed by atoms with Gasteiger partial charge in [0.25, 0.3) is 0 Å². The Kier molecular flexibility index (Phi) is 7.43. The van der Waals surface area contributed by atoms with Crippen molar-refractivity contribution in [2.45, 2.75) is 27.2 Å². The number of nitrogens with one attached hydrogen (secondary N) is 1. The van der Waals surface area contributed by atoms with Crippen LogP contribution in [-0.4, -0.2) is 36.7 Å². The molecule has 0 aliphatic carbocycles. The fourth-order valence-electron chi connectivity index (χ4n) is 3.04. The SMILES string of the molecule is CCCOC(=O)c1ccc(Nc2c(C(=O)OCC)cnc3ccc(OCC)cc23)cc1. The zero-order chi connectivity index (χ0) is 22.2. The Morgan fingerprint density at radius 3 is 2.39 bits per heavy atom. The van der Waals surface area contributed by atoms with E-state index in [9.17, 15) is 9.59 Å². The van der Waals surface area contributed by atoms with Gasteiger partial charge in [0.1, 0.15) is 11.3 Å². The summed E-state index contributed by atoms with van der Waals surface area (Å²) in [6.07, 6.45) is 2.26. The number of carbonyl (C=O) groups excluding carboxylic acids is 2. The maximum atomic E-state index is 12.6. The van der Waals surface area contributed by atoms with Gasteiger partial charge in [-0.2, -0.15) is 0 Å². The summed E-state index contributed by atoms with van der Waals surface area (Å²) in [6.45, 7) is 6.76. The Bertz CT molecular complexity index is 1060. The maximum Gasteiger partial charge on any atom is 0.341 e. The number of nitrogens with zero attached hydrogens (tertiary/aromatic N) is 1. The summed E-state index contributed by atoms with van der Waals surface area (Å²) >= 11 is 0. The highest BCUT2D eigenvalue weighted by Crippen LogP contribution is 2.32. The topological polar surface area (TPSA) is 86.8 Å². The zero-order valence-electron chi connectivity index (χ0n) is 17.9. The molecule has 3 aromatic rings. The van der Waals surface area contributed by atoms with Gasteiger partial charge < -0.3 is 19.5 Å². The van der Waals surface area contributed by atoms with Gasteiger partial charge in [0, 0.05) is 17.3 Å². The maximum absolute atomic E-state index is 12.6. The van der Waals surface area contributed by atoms with E-state index in [-0.39, 0.29) is 12.6 Å². The first-order valence-electron chi connectivity index (χ1n) is 10.3. The molecule has 0 bridgehead atoms. The molecule has 162 valence electrons. The Labute approximate surface area is 181 Å². The predicted octanol–water partition coefficient (Wildman–Crippen LogP) is 5.12. The van der Waals surface area contributed by atoms with Gasteiger partial charge >= 0.3 is 11.9 Å². The first-order chi connectivity index (χ1) is 15.1. The molecule has 0 saturated heterocycles. The number of benzene rings is 2. The van der Waals surface area contributed by atoms with Gasteiger partial charge in [-0.3, -0.25) is 4.98 Å². The normalized spacial score (nSPS) is 10.5. The van der Waals surface area contributed by atoms with Gasteiger partial charge in [-0.1, -0.05) is 6.92 Å². The van der Waals surface area contributed by atoms with Crippen molar-refractivity contribution >= 4 is 34.2 Å². The number of rotatable bonds is 9. The van der Waals surface area contributed by atoms with Crippen LogP contribution in [0.1, 0.15) is 47.9 Å². The second-order valence-electron chi connectivity index (χ2n) is 6.72. The largest absolute Gasteiger partial charge is 0.494 e. The van der Waals surface area contributed by atoms with Crippen molar-refractivity contribution in [2.24, 2.45) is 0 Å². The van der Waals surface area contributed by atoms with Crippen molar-refractivity contribution in [3.05, 3.63) is 59.8 Å². The summed E-state index contributed by atoms with van der Waals surface area (Å²) in [5.41, 5.74) is 2.74. The minimum atomic E-state index is -0.471. The molecule has 1 N–H and O–H groups in total. The molecule has 0 aliphatic heterocycles. The molecule has 3 rings (SSSR count). The van der Waals surface area contributed by atoms with Crippen LogP contribution in [0.2, 0.25) is 0 Å². The van der Waals surface area contributed by atoms with E-state index in [1.165, 1.54) is 6.20 Å². The molecule has 31 heavy (non-hydrogen) atoms. The quantitative estimate of drug-likeness (QED) is 0.479. The van der Waals surface area contributed by atoms with Crippen LogP contribution in [0.15, 0.2) is 48.7 Å². The predicted molar refractivity (Wildman–Crippen MR) is 119 cm³/mol. The van der Waals surface area contributed by atoms with E-state index < -0.39 is 5.97 Å². The summed E-state index contributed by atoms with van der Waals surface area (Å²) < 4.78 is 16.0. The van der Waals surface area contributed by atoms with Gasteiger partial charge in [0.2, 0.25) is 0 Å². The molecule has 2 aromatic carbocycles. The van der Waals surface area contributed by atoms with Gasteiger partial charge in [-0.15, -0.1) is 0 Å². The molecular formula is C24H26N2O5. The zero-order valence-corrected chi connectivity index (χ0v) is 17.9. The Morgan fingerprint density at radius 1 is 0.935 bits per heavy atom. The lowest BCUT2D eigenvalue weighted by atomic mass is 10.1. The van der Waals surface area contributed by atoms with Crippen LogP contribution in [-0.2, 0) is 9.47 Å². The highest BCUT2D eigenvalue weighted by Gasteiger charge is 2.18. The summed E-state index contributed by atoms with van der Waals surface area (Å²) in [5.74, 6) is -0.160. The molecule has 1 heterocycles. The molecule has 0 atom stereocenters. The number of carbonyl (C=O) groups is 2. The van der Waals surface area contributed by atoms with Crippen molar-refractivity contribution in [1.82, 2.24) is 4.98 Å². The molecule has 1 aromatic heterocycles. The fourth-order valence-corrected chi connectivity index (χ4v) is 3.04. The minimum absolute atomic E-state index is 0.254.